The highest BCUT2D eigenvalue weighted by molar-refractivity contribution is 5.80. The fourth-order valence-electron chi connectivity index (χ4n) is 2.09. The van der Waals surface area contributed by atoms with Crippen molar-refractivity contribution in [1.29, 1.82) is 0 Å². The Bertz CT molecular complexity index is 592. The summed E-state index contributed by atoms with van der Waals surface area (Å²) in [6, 6.07) is 10.7. The second-order valence-electron chi connectivity index (χ2n) is 4.73. The zero-order valence-corrected chi connectivity index (χ0v) is 11.0. The minimum Gasteiger partial charge on any atom is -0.480 e. The van der Waals surface area contributed by atoms with E-state index in [1.54, 1.807) is 28.9 Å². The Labute approximate surface area is 111 Å². The van der Waals surface area contributed by atoms with Crippen LogP contribution in [-0.2, 0) is 16.9 Å². The van der Waals surface area contributed by atoms with E-state index in [0.717, 1.165) is 11.4 Å². The molecule has 1 aromatic carbocycles. The molecule has 1 aromatic heterocycles. The summed E-state index contributed by atoms with van der Waals surface area (Å²) in [6.45, 7) is 3.85. The van der Waals surface area contributed by atoms with E-state index in [2.05, 4.69) is 5.10 Å². The van der Waals surface area contributed by atoms with Crippen LogP contribution in [0.25, 0.3) is 0 Å². The third-order valence-electron chi connectivity index (χ3n) is 3.17. The molecule has 0 spiro atoms. The third kappa shape index (κ3) is 2.51. The molecule has 100 valence electrons. The molecule has 0 amide bonds. The van der Waals surface area contributed by atoms with Crippen molar-refractivity contribution in [3.05, 3.63) is 53.3 Å². The summed E-state index contributed by atoms with van der Waals surface area (Å²) in [5.41, 5.74) is 6.93. The monoisotopic (exact) mass is 259 g/mol. The zero-order chi connectivity index (χ0) is 14.0. The smallest absolute Gasteiger partial charge is 0.330 e. The highest BCUT2D eigenvalue weighted by atomic mass is 16.4. The van der Waals surface area contributed by atoms with Crippen LogP contribution in [0.3, 0.4) is 0 Å². The number of aromatic nitrogens is 2. The van der Waals surface area contributed by atoms with Crippen molar-refractivity contribution in [3.63, 3.8) is 0 Å². The fourth-order valence-corrected chi connectivity index (χ4v) is 2.09. The van der Waals surface area contributed by atoms with E-state index in [4.69, 9.17) is 5.73 Å². The van der Waals surface area contributed by atoms with Gasteiger partial charge in [0.15, 0.2) is 5.54 Å². The number of hydrogen-bond acceptors (Lipinski definition) is 3. The van der Waals surface area contributed by atoms with Crippen molar-refractivity contribution >= 4 is 5.97 Å². The Hall–Kier alpha value is -2.14. The number of carboxylic acids is 1. The summed E-state index contributed by atoms with van der Waals surface area (Å²) in [5, 5.41) is 13.8. The van der Waals surface area contributed by atoms with Crippen LogP contribution in [0.1, 0.15) is 17.0 Å². The highest BCUT2D eigenvalue weighted by Gasteiger charge is 2.37. The molecule has 19 heavy (non-hydrogen) atoms. The van der Waals surface area contributed by atoms with Crippen LogP contribution in [0.15, 0.2) is 36.4 Å². The maximum atomic E-state index is 11.6. The van der Waals surface area contributed by atoms with Gasteiger partial charge in [0.2, 0.25) is 0 Å². The Kier molecular flexibility index (Phi) is 3.40. The van der Waals surface area contributed by atoms with Crippen LogP contribution in [0.2, 0.25) is 0 Å². The topological polar surface area (TPSA) is 81.1 Å². The van der Waals surface area contributed by atoms with Crippen LogP contribution in [0.4, 0.5) is 0 Å². The van der Waals surface area contributed by atoms with Gasteiger partial charge < -0.3 is 10.8 Å². The van der Waals surface area contributed by atoms with Crippen molar-refractivity contribution in [2.75, 3.05) is 0 Å². The quantitative estimate of drug-likeness (QED) is 0.870. The van der Waals surface area contributed by atoms with Crippen LogP contribution < -0.4 is 5.73 Å². The maximum Gasteiger partial charge on any atom is 0.330 e. The van der Waals surface area contributed by atoms with Crippen LogP contribution in [-0.4, -0.2) is 20.9 Å². The van der Waals surface area contributed by atoms with E-state index in [9.17, 15) is 9.90 Å². The Balaban J connectivity index is 2.41. The lowest BCUT2D eigenvalue weighted by Gasteiger charge is -2.25. The molecule has 1 atom stereocenters. The van der Waals surface area contributed by atoms with Gasteiger partial charge in [0, 0.05) is 5.69 Å². The lowest BCUT2D eigenvalue weighted by molar-refractivity contribution is -0.144. The van der Waals surface area contributed by atoms with E-state index in [-0.39, 0.29) is 6.54 Å². The number of nitrogens with zero attached hydrogens (tertiary/aromatic N) is 2. The van der Waals surface area contributed by atoms with Gasteiger partial charge in [0.05, 0.1) is 12.2 Å². The van der Waals surface area contributed by atoms with Gasteiger partial charge in [0.25, 0.3) is 0 Å². The number of hydrogen-bond donors (Lipinski definition) is 2. The molecular formula is C14H17N3O2. The largest absolute Gasteiger partial charge is 0.480 e. The first-order chi connectivity index (χ1) is 8.93. The number of carbonyl (C=O) groups is 1. The minimum absolute atomic E-state index is 0.103. The number of nitrogens with two attached hydrogens (primary N) is 1. The van der Waals surface area contributed by atoms with Gasteiger partial charge in [-0.1, -0.05) is 30.3 Å². The zero-order valence-electron chi connectivity index (χ0n) is 11.0. The highest BCUT2D eigenvalue weighted by Crippen LogP contribution is 2.21. The Morgan fingerprint density at radius 1 is 1.37 bits per heavy atom. The number of aliphatic carboxylic acids is 1. The van der Waals surface area contributed by atoms with Crippen molar-refractivity contribution < 1.29 is 9.90 Å². The molecule has 3 N–H and O–H groups in total. The molecule has 0 aliphatic rings. The molecule has 5 heteroatoms. The summed E-state index contributed by atoms with van der Waals surface area (Å²) in [7, 11) is 0. The fraction of sp³-hybridized carbons (Fsp3) is 0.286. The Morgan fingerprint density at radius 3 is 2.47 bits per heavy atom. The van der Waals surface area contributed by atoms with E-state index < -0.39 is 11.5 Å². The van der Waals surface area contributed by atoms with Crippen molar-refractivity contribution in [2.45, 2.75) is 25.9 Å². The van der Waals surface area contributed by atoms with Crippen molar-refractivity contribution in [1.82, 2.24) is 9.78 Å². The summed E-state index contributed by atoms with van der Waals surface area (Å²) < 4.78 is 1.64. The van der Waals surface area contributed by atoms with Gasteiger partial charge in [-0.2, -0.15) is 5.10 Å². The molecule has 2 rings (SSSR count). The molecule has 2 aromatic rings. The SMILES string of the molecule is Cc1cc(C)n(CC(N)(C(=O)O)c2ccccc2)n1. The van der Waals surface area contributed by atoms with Gasteiger partial charge in [-0.3, -0.25) is 4.68 Å². The molecule has 0 saturated carbocycles. The van der Waals surface area contributed by atoms with Gasteiger partial charge in [-0.15, -0.1) is 0 Å². The van der Waals surface area contributed by atoms with Crippen LogP contribution in [0, 0.1) is 13.8 Å². The lowest BCUT2D eigenvalue weighted by atomic mass is 9.91. The van der Waals surface area contributed by atoms with Crippen LogP contribution in [0.5, 0.6) is 0 Å². The molecule has 5 nitrogen and oxygen atoms in total. The molecule has 0 bridgehead atoms. The first-order valence-electron chi connectivity index (χ1n) is 6.02. The van der Waals surface area contributed by atoms with Gasteiger partial charge in [0.1, 0.15) is 0 Å². The first-order valence-corrected chi connectivity index (χ1v) is 6.02. The molecule has 0 aliphatic carbocycles. The second kappa shape index (κ2) is 4.85. The molecule has 1 unspecified atom stereocenters. The molecule has 0 fully saturated rings. The van der Waals surface area contributed by atoms with Gasteiger partial charge in [-0.05, 0) is 25.5 Å². The van der Waals surface area contributed by atoms with Gasteiger partial charge >= 0.3 is 5.97 Å². The van der Waals surface area contributed by atoms with Crippen LogP contribution >= 0.6 is 0 Å². The Morgan fingerprint density at radius 2 is 2.00 bits per heavy atom. The van der Waals surface area contributed by atoms with E-state index >= 15 is 0 Å². The predicted molar refractivity (Wildman–Crippen MR) is 71.6 cm³/mol. The number of benzene rings is 1. The minimum atomic E-state index is -1.48. The average molecular weight is 259 g/mol. The summed E-state index contributed by atoms with van der Waals surface area (Å²) >= 11 is 0. The third-order valence-corrected chi connectivity index (χ3v) is 3.17. The summed E-state index contributed by atoms with van der Waals surface area (Å²) in [5.74, 6) is -1.06. The molecule has 0 saturated heterocycles. The van der Waals surface area contributed by atoms with Crippen molar-refractivity contribution in [2.24, 2.45) is 5.73 Å². The number of rotatable bonds is 4. The molecule has 0 aliphatic heterocycles. The van der Waals surface area contributed by atoms with Crippen molar-refractivity contribution in [3.8, 4) is 0 Å². The standard InChI is InChI=1S/C14H17N3O2/c1-10-8-11(2)17(16-10)9-14(15,13(18)19)12-6-4-3-5-7-12/h3-8H,9,15H2,1-2H3,(H,18,19). The normalized spacial score (nSPS) is 14.1. The molecular weight excluding hydrogens is 242 g/mol. The lowest BCUT2D eigenvalue weighted by Crippen LogP contribution is -2.48. The second-order valence-corrected chi connectivity index (χ2v) is 4.73. The summed E-state index contributed by atoms with van der Waals surface area (Å²) in [6.07, 6.45) is 0. The average Bonchev–Trinajstić information content (AvgIpc) is 2.68. The van der Waals surface area contributed by atoms with E-state index in [0.29, 0.717) is 5.56 Å². The summed E-state index contributed by atoms with van der Waals surface area (Å²) in [4.78, 5) is 11.6. The van der Waals surface area contributed by atoms with Gasteiger partial charge in [-0.25, -0.2) is 4.79 Å². The molecule has 0 radical (unpaired) electrons. The number of carboxylic acid groups (broad SMARTS) is 1. The van der Waals surface area contributed by atoms with E-state index in [1.807, 2.05) is 26.0 Å². The maximum absolute atomic E-state index is 11.6. The van der Waals surface area contributed by atoms with E-state index in [1.165, 1.54) is 0 Å². The number of aryl methyl sites for hydroxylation is 2. The first kappa shape index (κ1) is 13.3. The molecule has 1 heterocycles. The predicted octanol–water partition coefficient (Wildman–Crippen LogP) is 1.44.